The number of fused-ring (bicyclic) bond motifs is 1. The quantitative estimate of drug-likeness (QED) is 0.843. The van der Waals surface area contributed by atoms with Crippen LogP contribution in [-0.4, -0.2) is 31.4 Å². The largest absolute Gasteiger partial charge is 0.465 e. The van der Waals surface area contributed by atoms with Crippen LogP contribution in [0.4, 0.5) is 10.1 Å². The number of anilines is 1. The van der Waals surface area contributed by atoms with E-state index in [0.717, 1.165) is 23.9 Å². The number of thioether (sulfide) groups is 1. The fourth-order valence-corrected chi connectivity index (χ4v) is 4.08. The number of ether oxygens (including phenoxy) is 1. The normalized spacial score (nSPS) is 17.0. The lowest BCUT2D eigenvalue weighted by atomic mass is 10.3. The lowest BCUT2D eigenvalue weighted by molar-refractivity contribution is -0.142. The minimum Gasteiger partial charge on any atom is -0.465 e. The van der Waals surface area contributed by atoms with Gasteiger partial charge in [0.05, 0.1) is 12.3 Å². The molecule has 0 spiro atoms. The van der Waals surface area contributed by atoms with Gasteiger partial charge in [-0.25, -0.2) is 4.39 Å². The molecule has 0 saturated heterocycles. The second-order valence-corrected chi connectivity index (χ2v) is 7.17. The van der Waals surface area contributed by atoms with Crippen molar-refractivity contribution in [3.63, 3.8) is 0 Å². The third-order valence-corrected chi connectivity index (χ3v) is 5.50. The van der Waals surface area contributed by atoms with E-state index in [1.165, 1.54) is 6.07 Å². The van der Waals surface area contributed by atoms with E-state index in [4.69, 9.17) is 4.74 Å². The molecule has 1 aromatic carbocycles. The van der Waals surface area contributed by atoms with E-state index in [2.05, 4.69) is 9.71 Å². The Labute approximate surface area is 132 Å². The molecule has 120 valence electrons. The molecule has 1 unspecified atom stereocenters. The van der Waals surface area contributed by atoms with Crippen molar-refractivity contribution < 1.29 is 22.3 Å². The summed E-state index contributed by atoms with van der Waals surface area (Å²) in [7, 11) is -3.99. The number of carbonyl (C=O) groups is 1. The Morgan fingerprint density at radius 3 is 2.82 bits per heavy atom. The van der Waals surface area contributed by atoms with Crippen molar-refractivity contribution in [3.05, 3.63) is 24.0 Å². The molecule has 22 heavy (non-hydrogen) atoms. The summed E-state index contributed by atoms with van der Waals surface area (Å²) < 4.78 is 45.9. The van der Waals surface area contributed by atoms with Crippen molar-refractivity contribution in [3.8, 4) is 0 Å². The first-order valence-electron chi connectivity index (χ1n) is 6.62. The molecule has 1 heterocycles. The fraction of sp³-hybridized carbons (Fsp3) is 0.385. The number of nitrogens with zero attached hydrogens (tertiary/aromatic N) is 1. The van der Waals surface area contributed by atoms with Gasteiger partial charge in [0.2, 0.25) is 0 Å². The molecule has 0 fully saturated rings. The van der Waals surface area contributed by atoms with Gasteiger partial charge in [-0.15, -0.1) is 4.40 Å². The van der Waals surface area contributed by atoms with Crippen molar-refractivity contribution in [2.24, 2.45) is 4.40 Å². The Kier molecular flexibility index (Phi) is 5.07. The Bertz CT molecular complexity index is 719. The Balaban J connectivity index is 2.26. The molecule has 9 heteroatoms. The molecule has 0 aromatic heterocycles. The molecular formula is C13H15FN2O4S2. The monoisotopic (exact) mass is 346 g/mol. The molecule has 1 atom stereocenters. The zero-order valence-corrected chi connectivity index (χ0v) is 13.6. The lowest BCUT2D eigenvalue weighted by Crippen LogP contribution is -2.26. The van der Waals surface area contributed by atoms with Crippen LogP contribution in [0, 0.1) is 5.82 Å². The van der Waals surface area contributed by atoms with E-state index in [0.29, 0.717) is 6.42 Å². The third kappa shape index (κ3) is 3.58. The molecule has 0 radical (unpaired) electrons. The van der Waals surface area contributed by atoms with E-state index in [1.54, 1.807) is 13.8 Å². The van der Waals surface area contributed by atoms with Crippen LogP contribution in [0.5, 0.6) is 0 Å². The van der Waals surface area contributed by atoms with E-state index in [-0.39, 0.29) is 22.4 Å². The molecule has 1 aromatic rings. The van der Waals surface area contributed by atoms with E-state index in [1.807, 2.05) is 0 Å². The average molecular weight is 346 g/mol. The standard InChI is InChI=1S/C13H15FN2O4S2/c1-3-10(12(17)20-4-2)21-13-15-9-6-5-8(14)7-11(9)22(18,19)16-13/h5-7,10H,3-4H2,1-2H3,(H,15,16). The predicted molar refractivity (Wildman–Crippen MR) is 82.9 cm³/mol. The van der Waals surface area contributed by atoms with Crippen LogP contribution in [-0.2, 0) is 19.6 Å². The fourth-order valence-electron chi connectivity index (χ4n) is 1.83. The van der Waals surface area contributed by atoms with Gasteiger partial charge in [0.1, 0.15) is 16.0 Å². The van der Waals surface area contributed by atoms with Crippen LogP contribution in [0.2, 0.25) is 0 Å². The highest BCUT2D eigenvalue weighted by Crippen LogP contribution is 2.31. The predicted octanol–water partition coefficient (Wildman–Crippen LogP) is 2.37. The van der Waals surface area contributed by atoms with Crippen LogP contribution in [0.25, 0.3) is 0 Å². The van der Waals surface area contributed by atoms with E-state index in [9.17, 15) is 17.6 Å². The number of sulfonamides is 1. The molecule has 1 aliphatic rings. The van der Waals surface area contributed by atoms with Gasteiger partial charge in [0.25, 0.3) is 10.0 Å². The van der Waals surface area contributed by atoms with Crippen molar-refractivity contribution in [2.75, 3.05) is 11.9 Å². The molecule has 1 aliphatic heterocycles. The summed E-state index contributed by atoms with van der Waals surface area (Å²) >= 11 is 0.975. The highest BCUT2D eigenvalue weighted by atomic mass is 32.2. The Morgan fingerprint density at radius 2 is 2.18 bits per heavy atom. The summed E-state index contributed by atoms with van der Waals surface area (Å²) in [6, 6.07) is 3.38. The van der Waals surface area contributed by atoms with Gasteiger partial charge in [0.15, 0.2) is 5.17 Å². The van der Waals surface area contributed by atoms with Crippen molar-refractivity contribution in [1.82, 2.24) is 0 Å². The molecule has 2 rings (SSSR count). The van der Waals surface area contributed by atoms with Gasteiger partial charge in [-0.05, 0) is 31.5 Å². The maximum absolute atomic E-state index is 13.2. The van der Waals surface area contributed by atoms with Gasteiger partial charge in [0, 0.05) is 0 Å². The van der Waals surface area contributed by atoms with Crippen LogP contribution in [0.1, 0.15) is 20.3 Å². The number of hydrogen-bond acceptors (Lipinski definition) is 6. The maximum Gasteiger partial charge on any atom is 0.319 e. The molecule has 0 aliphatic carbocycles. The van der Waals surface area contributed by atoms with Crippen LogP contribution in [0.15, 0.2) is 27.5 Å². The Morgan fingerprint density at radius 1 is 1.45 bits per heavy atom. The van der Waals surface area contributed by atoms with Crippen LogP contribution in [0.3, 0.4) is 0 Å². The van der Waals surface area contributed by atoms with Gasteiger partial charge in [-0.3, -0.25) is 4.79 Å². The molecule has 0 bridgehead atoms. The van der Waals surface area contributed by atoms with Crippen molar-refractivity contribution in [1.29, 1.82) is 0 Å². The summed E-state index contributed by atoms with van der Waals surface area (Å²) in [6.07, 6.45) is 0.459. The minimum atomic E-state index is -3.99. The van der Waals surface area contributed by atoms with Crippen molar-refractivity contribution in [2.45, 2.75) is 30.4 Å². The molecule has 6 nitrogen and oxygen atoms in total. The average Bonchev–Trinajstić information content (AvgIpc) is 2.45. The van der Waals surface area contributed by atoms with E-state index >= 15 is 0 Å². The Hall–Kier alpha value is -1.61. The van der Waals surface area contributed by atoms with Crippen LogP contribution >= 0.6 is 11.8 Å². The van der Waals surface area contributed by atoms with Gasteiger partial charge in [-0.1, -0.05) is 18.7 Å². The maximum atomic E-state index is 13.2. The zero-order valence-electron chi connectivity index (χ0n) is 12.0. The number of halogens is 1. The summed E-state index contributed by atoms with van der Waals surface area (Å²) in [5.41, 5.74) is 0.234. The topological polar surface area (TPSA) is 84.8 Å². The highest BCUT2D eigenvalue weighted by molar-refractivity contribution is 8.15. The zero-order chi connectivity index (χ0) is 16.3. The minimum absolute atomic E-state index is 0.0685. The number of rotatable bonds is 4. The number of amidine groups is 1. The number of hydrogen-bond donors (Lipinski definition) is 1. The summed E-state index contributed by atoms with van der Waals surface area (Å²) in [5.74, 6) is -1.09. The molecule has 0 amide bonds. The first kappa shape index (κ1) is 16.8. The number of nitrogens with one attached hydrogen (secondary N) is 1. The molecular weight excluding hydrogens is 331 g/mol. The smallest absolute Gasteiger partial charge is 0.319 e. The summed E-state index contributed by atoms with van der Waals surface area (Å²) in [6.45, 7) is 3.73. The summed E-state index contributed by atoms with van der Waals surface area (Å²) in [5, 5.41) is 2.30. The van der Waals surface area contributed by atoms with Gasteiger partial charge in [-0.2, -0.15) is 8.42 Å². The highest BCUT2D eigenvalue weighted by Gasteiger charge is 2.29. The number of esters is 1. The summed E-state index contributed by atoms with van der Waals surface area (Å²) in [4.78, 5) is 11.6. The second kappa shape index (κ2) is 6.66. The van der Waals surface area contributed by atoms with Gasteiger partial charge < -0.3 is 10.1 Å². The number of carbonyl (C=O) groups excluding carboxylic acids is 1. The van der Waals surface area contributed by atoms with Gasteiger partial charge >= 0.3 is 5.97 Å². The molecule has 0 saturated carbocycles. The van der Waals surface area contributed by atoms with Crippen molar-refractivity contribution >= 4 is 38.6 Å². The molecule has 1 N–H and O–H groups in total. The van der Waals surface area contributed by atoms with Crippen LogP contribution < -0.4 is 5.32 Å². The first-order chi connectivity index (χ1) is 10.4. The third-order valence-electron chi connectivity index (χ3n) is 2.84. The first-order valence-corrected chi connectivity index (χ1v) is 8.94. The second-order valence-electron chi connectivity index (χ2n) is 4.40. The SMILES string of the molecule is CCOC(=O)C(CC)SC1=NS(=O)(=O)c2cc(F)ccc2N1. The number of benzene rings is 1. The van der Waals surface area contributed by atoms with E-state index < -0.39 is 27.1 Å². The lowest BCUT2D eigenvalue weighted by Gasteiger charge is -2.20.